The van der Waals surface area contributed by atoms with Gasteiger partial charge in [0, 0.05) is 36.7 Å². The van der Waals surface area contributed by atoms with E-state index < -0.39 is 0 Å². The highest BCUT2D eigenvalue weighted by molar-refractivity contribution is 6.36. The van der Waals surface area contributed by atoms with Crippen molar-refractivity contribution in [3.8, 4) is 0 Å². The minimum absolute atomic E-state index is 0.0540. The molecule has 11 heteroatoms. The molecular weight excluding hydrogens is 398 g/mol. The van der Waals surface area contributed by atoms with E-state index in [1.807, 2.05) is 12.1 Å². The molecule has 2 amide bonds. The Bertz CT molecular complexity index is 1070. The first-order chi connectivity index (χ1) is 14.1. The molecule has 0 spiro atoms. The van der Waals surface area contributed by atoms with Gasteiger partial charge in [-0.15, -0.1) is 5.10 Å². The molecule has 10 nitrogen and oxygen atoms in total. The predicted octanol–water partition coefficient (Wildman–Crippen LogP) is 0.560. The van der Waals surface area contributed by atoms with E-state index in [1.54, 1.807) is 22.1 Å². The number of carbonyl (C=O) groups excluding carboxylic acids is 2. The van der Waals surface area contributed by atoms with Crippen LogP contribution in [0.2, 0.25) is 5.02 Å². The van der Waals surface area contributed by atoms with Gasteiger partial charge in [-0.3, -0.25) is 9.59 Å². The summed E-state index contributed by atoms with van der Waals surface area (Å²) in [7, 11) is 0. The number of fused-ring (bicyclic) bond motifs is 2. The van der Waals surface area contributed by atoms with Gasteiger partial charge in [-0.05, 0) is 22.6 Å². The smallest absolute Gasteiger partial charge is 0.256 e. The van der Waals surface area contributed by atoms with Crippen LogP contribution in [0.4, 0.5) is 0 Å². The van der Waals surface area contributed by atoms with Crippen LogP contribution in [0, 0.1) is 0 Å². The molecule has 0 saturated carbocycles. The summed E-state index contributed by atoms with van der Waals surface area (Å²) in [6.45, 7) is 1.79. The van der Waals surface area contributed by atoms with Crippen molar-refractivity contribution in [1.29, 1.82) is 0 Å². The molecule has 0 unspecified atom stereocenters. The summed E-state index contributed by atoms with van der Waals surface area (Å²) in [5, 5.41) is 12.1. The third kappa shape index (κ3) is 3.14. The largest absolute Gasteiger partial charge is 0.372 e. The number of aromatic amines is 1. The highest BCUT2D eigenvalue weighted by Gasteiger charge is 2.44. The zero-order chi connectivity index (χ0) is 20.0. The maximum Gasteiger partial charge on any atom is 0.256 e. The Morgan fingerprint density at radius 1 is 1.31 bits per heavy atom. The number of morpholine rings is 1. The average molecular weight is 416 g/mol. The number of aromatic nitrogens is 5. The first-order valence-corrected chi connectivity index (χ1v) is 9.66. The number of carbonyl (C=O) groups is 2. The molecule has 2 aliphatic heterocycles. The van der Waals surface area contributed by atoms with Gasteiger partial charge in [-0.2, -0.15) is 0 Å². The van der Waals surface area contributed by atoms with Crippen LogP contribution in [-0.4, -0.2) is 85.2 Å². The fourth-order valence-electron chi connectivity index (χ4n) is 4.10. The summed E-state index contributed by atoms with van der Waals surface area (Å²) in [5.74, 6) is -0.227. The molecule has 0 aliphatic carbocycles. The fraction of sp³-hybridized carbons (Fsp3) is 0.389. The Morgan fingerprint density at radius 3 is 3.03 bits per heavy atom. The van der Waals surface area contributed by atoms with Crippen LogP contribution in [0.25, 0.3) is 10.9 Å². The third-order valence-electron chi connectivity index (χ3n) is 5.49. The van der Waals surface area contributed by atoms with Crippen LogP contribution >= 0.6 is 11.6 Å². The van der Waals surface area contributed by atoms with Crippen LogP contribution in [-0.2, 0) is 16.1 Å². The number of likely N-dealkylation sites (tertiary alicyclic amines) is 1. The van der Waals surface area contributed by atoms with Gasteiger partial charge >= 0.3 is 0 Å². The maximum atomic E-state index is 13.4. The third-order valence-corrected chi connectivity index (χ3v) is 5.80. The van der Waals surface area contributed by atoms with E-state index in [-0.39, 0.29) is 30.5 Å². The fourth-order valence-corrected chi connectivity index (χ4v) is 4.38. The van der Waals surface area contributed by atoms with Crippen molar-refractivity contribution in [2.45, 2.75) is 18.7 Å². The van der Waals surface area contributed by atoms with Crippen molar-refractivity contribution in [2.75, 3.05) is 26.2 Å². The first-order valence-electron chi connectivity index (χ1n) is 9.28. The van der Waals surface area contributed by atoms with Gasteiger partial charge in [0.2, 0.25) is 5.91 Å². The van der Waals surface area contributed by atoms with Crippen LogP contribution in [0.3, 0.4) is 0 Å². The zero-order valence-electron chi connectivity index (χ0n) is 15.4. The minimum Gasteiger partial charge on any atom is -0.372 e. The van der Waals surface area contributed by atoms with Crippen molar-refractivity contribution in [2.24, 2.45) is 0 Å². The second kappa shape index (κ2) is 7.12. The van der Waals surface area contributed by atoms with Crippen molar-refractivity contribution in [1.82, 2.24) is 35.0 Å². The van der Waals surface area contributed by atoms with E-state index >= 15 is 0 Å². The summed E-state index contributed by atoms with van der Waals surface area (Å²) in [5.41, 5.74) is 1.35. The molecule has 1 aromatic carbocycles. The number of benzene rings is 1. The molecule has 3 aromatic rings. The molecule has 2 fully saturated rings. The van der Waals surface area contributed by atoms with E-state index in [0.29, 0.717) is 42.2 Å². The summed E-state index contributed by atoms with van der Waals surface area (Å²) >= 11 is 6.34. The Balaban J connectivity index is 1.37. The lowest BCUT2D eigenvalue weighted by Gasteiger charge is -2.36. The molecule has 0 bridgehead atoms. The second-order valence-corrected chi connectivity index (χ2v) is 7.55. The number of halogens is 1. The number of H-pyrrole nitrogens is 1. The van der Waals surface area contributed by atoms with Gasteiger partial charge in [-0.25, -0.2) is 4.68 Å². The first kappa shape index (κ1) is 18.1. The van der Waals surface area contributed by atoms with Crippen LogP contribution in [0.5, 0.6) is 0 Å². The number of rotatable bonds is 3. The Kier molecular flexibility index (Phi) is 4.44. The molecule has 1 N–H and O–H groups in total. The van der Waals surface area contributed by atoms with E-state index in [1.165, 1.54) is 11.0 Å². The van der Waals surface area contributed by atoms with Gasteiger partial charge < -0.3 is 19.5 Å². The summed E-state index contributed by atoms with van der Waals surface area (Å²) in [4.78, 5) is 32.6. The zero-order valence-corrected chi connectivity index (χ0v) is 16.1. The summed E-state index contributed by atoms with van der Waals surface area (Å²) < 4.78 is 7.23. The number of amides is 2. The van der Waals surface area contributed by atoms with Crippen LogP contribution in [0.15, 0.2) is 30.7 Å². The quantitative estimate of drug-likeness (QED) is 0.669. The standard InChI is InChI=1S/C18H18ClN7O3/c19-12-2-1-3-13-17(12)11(6-20-13)18(28)26-4-5-29-15-8-24(7-14(15)26)16(27)9-25-10-21-22-23-25/h1-3,6,10,14-15,20H,4-5,7-9H2/t14-,15+/m0/s1. The lowest BCUT2D eigenvalue weighted by molar-refractivity contribution is -0.131. The molecule has 5 rings (SSSR count). The number of tetrazole rings is 1. The summed E-state index contributed by atoms with van der Waals surface area (Å²) in [6.07, 6.45) is 2.87. The Hall–Kier alpha value is -2.98. The van der Waals surface area contributed by atoms with Crippen LogP contribution < -0.4 is 0 Å². The molecule has 4 heterocycles. The lowest BCUT2D eigenvalue weighted by Crippen LogP contribution is -2.53. The Morgan fingerprint density at radius 2 is 2.21 bits per heavy atom. The van der Waals surface area contributed by atoms with Crippen molar-refractivity contribution < 1.29 is 14.3 Å². The molecule has 0 radical (unpaired) electrons. The molecule has 2 aliphatic rings. The van der Waals surface area contributed by atoms with E-state index in [0.717, 1.165) is 5.52 Å². The number of ether oxygens (including phenoxy) is 1. The van der Waals surface area contributed by atoms with Gasteiger partial charge in [0.1, 0.15) is 12.9 Å². The highest BCUT2D eigenvalue weighted by atomic mass is 35.5. The molecule has 150 valence electrons. The Labute approximate surface area is 170 Å². The van der Waals surface area contributed by atoms with Gasteiger partial charge in [0.05, 0.1) is 29.3 Å². The van der Waals surface area contributed by atoms with E-state index in [2.05, 4.69) is 20.5 Å². The average Bonchev–Trinajstić information content (AvgIpc) is 3.46. The van der Waals surface area contributed by atoms with E-state index in [9.17, 15) is 9.59 Å². The number of hydrogen-bond acceptors (Lipinski definition) is 6. The normalized spacial score (nSPS) is 21.6. The van der Waals surface area contributed by atoms with Gasteiger partial charge in [-0.1, -0.05) is 17.7 Å². The summed E-state index contributed by atoms with van der Waals surface area (Å²) in [6, 6.07) is 5.29. The molecular formula is C18H18ClN7O3. The van der Waals surface area contributed by atoms with Crippen molar-refractivity contribution >= 4 is 34.3 Å². The molecule has 29 heavy (non-hydrogen) atoms. The predicted molar refractivity (Wildman–Crippen MR) is 102 cm³/mol. The second-order valence-electron chi connectivity index (χ2n) is 7.15. The monoisotopic (exact) mass is 415 g/mol. The number of nitrogens with one attached hydrogen (secondary N) is 1. The van der Waals surface area contributed by atoms with E-state index in [4.69, 9.17) is 16.3 Å². The topological polar surface area (TPSA) is 109 Å². The highest BCUT2D eigenvalue weighted by Crippen LogP contribution is 2.30. The number of nitrogens with zero attached hydrogens (tertiary/aromatic N) is 6. The van der Waals surface area contributed by atoms with Gasteiger partial charge in [0.15, 0.2) is 0 Å². The molecule has 2 atom stereocenters. The number of hydrogen-bond donors (Lipinski definition) is 1. The SMILES string of the molecule is O=C(Cn1cnnn1)N1C[C@H]2OCCN(C(=O)c3c[nH]c4cccc(Cl)c34)[C@H]2C1. The van der Waals surface area contributed by atoms with Crippen molar-refractivity contribution in [3.05, 3.63) is 41.3 Å². The maximum absolute atomic E-state index is 13.4. The van der Waals surface area contributed by atoms with Gasteiger partial charge in [0.25, 0.3) is 5.91 Å². The molecule has 2 saturated heterocycles. The molecule has 2 aromatic heterocycles. The van der Waals surface area contributed by atoms with Crippen molar-refractivity contribution in [3.63, 3.8) is 0 Å². The van der Waals surface area contributed by atoms with Crippen LogP contribution in [0.1, 0.15) is 10.4 Å². The lowest BCUT2D eigenvalue weighted by atomic mass is 10.1. The minimum atomic E-state index is -0.216.